The molecule has 6 atom stereocenters. The van der Waals surface area contributed by atoms with Crippen molar-refractivity contribution in [2.24, 2.45) is 22.7 Å². The first-order chi connectivity index (χ1) is 19.1. The molecule has 3 fully saturated rings. The molecule has 0 aromatic heterocycles. The Hall–Kier alpha value is -1.54. The number of halogens is 6. The third-order valence-electron chi connectivity index (χ3n) is 10.00. The normalized spacial score (nSPS) is 32.8. The minimum atomic E-state index is -6.00. The molecule has 3 saturated carbocycles. The van der Waals surface area contributed by atoms with Crippen molar-refractivity contribution in [3.63, 3.8) is 0 Å². The minimum absolute atomic E-state index is 0.0503. The van der Waals surface area contributed by atoms with Gasteiger partial charge in [0.15, 0.2) is 0 Å². The first-order valence-electron chi connectivity index (χ1n) is 14.9. The van der Waals surface area contributed by atoms with Gasteiger partial charge < -0.3 is 20.4 Å². The molecule has 0 heterocycles. The van der Waals surface area contributed by atoms with E-state index < -0.39 is 41.2 Å². The van der Waals surface area contributed by atoms with Crippen molar-refractivity contribution < 1.29 is 46.8 Å². The molecular weight excluding hydrogens is 562 g/mol. The summed E-state index contributed by atoms with van der Waals surface area (Å²) in [7, 11) is 0. The van der Waals surface area contributed by atoms with Crippen molar-refractivity contribution in [2.45, 2.75) is 141 Å². The van der Waals surface area contributed by atoms with Gasteiger partial charge in [0.2, 0.25) is 0 Å². The lowest BCUT2D eigenvalue weighted by Crippen LogP contribution is -2.55. The highest BCUT2D eigenvalue weighted by atomic mass is 19.4. The maximum atomic E-state index is 13.3. The third-order valence-corrected chi connectivity index (χ3v) is 10.00. The van der Waals surface area contributed by atoms with E-state index >= 15 is 0 Å². The Balaban J connectivity index is 1.93. The van der Waals surface area contributed by atoms with Crippen LogP contribution in [0.15, 0.2) is 23.3 Å². The topological polar surface area (TPSA) is 80.9 Å². The molecule has 0 aromatic carbocycles. The first kappa shape index (κ1) is 34.9. The number of hydrogen-bond acceptors (Lipinski definition) is 4. The summed E-state index contributed by atoms with van der Waals surface area (Å²) in [6.45, 7) is 7.34. The molecule has 0 aliphatic heterocycles. The van der Waals surface area contributed by atoms with E-state index in [-0.39, 0.29) is 23.7 Å². The van der Waals surface area contributed by atoms with E-state index in [1.165, 1.54) is 11.5 Å². The highest BCUT2D eigenvalue weighted by Crippen LogP contribution is 2.63. The van der Waals surface area contributed by atoms with Gasteiger partial charge in [0, 0.05) is 6.42 Å². The lowest BCUT2D eigenvalue weighted by molar-refractivity contribution is -0.343. The van der Waals surface area contributed by atoms with Crippen LogP contribution in [-0.4, -0.2) is 56.2 Å². The first-order valence-corrected chi connectivity index (χ1v) is 14.9. The number of allylic oxidation sites excluding steroid dienone is 3. The second kappa shape index (κ2) is 12.5. The van der Waals surface area contributed by atoms with Crippen molar-refractivity contribution >= 4 is 0 Å². The molecule has 10 heteroatoms. The molecule has 0 aromatic rings. The number of aliphatic hydroxyl groups excluding tert-OH is 2. The Bertz CT molecular complexity index is 1050. The van der Waals surface area contributed by atoms with Crippen molar-refractivity contribution in [3.8, 4) is 11.8 Å². The summed E-state index contributed by atoms with van der Waals surface area (Å²) in [5, 5.41) is 39.9. The van der Waals surface area contributed by atoms with Crippen LogP contribution in [-0.2, 0) is 0 Å². The van der Waals surface area contributed by atoms with Crippen LogP contribution in [0, 0.1) is 34.5 Å². The minimum Gasteiger partial charge on any atom is -0.393 e. The van der Waals surface area contributed by atoms with Crippen molar-refractivity contribution in [1.82, 2.24) is 0 Å². The van der Waals surface area contributed by atoms with Crippen molar-refractivity contribution in [2.75, 3.05) is 0 Å². The Morgan fingerprint density at radius 2 is 1.50 bits per heavy atom. The summed E-state index contributed by atoms with van der Waals surface area (Å²) in [6.07, 6.45) is -2.41. The maximum Gasteiger partial charge on any atom is 0.438 e. The van der Waals surface area contributed by atoms with Crippen LogP contribution >= 0.6 is 0 Å². The van der Waals surface area contributed by atoms with Gasteiger partial charge in [-0.05, 0) is 107 Å². The second-order valence-electron chi connectivity index (χ2n) is 14.1. The largest absolute Gasteiger partial charge is 0.438 e. The van der Waals surface area contributed by atoms with Crippen LogP contribution in [0.3, 0.4) is 0 Å². The van der Waals surface area contributed by atoms with E-state index in [0.29, 0.717) is 38.5 Å². The zero-order chi connectivity index (χ0) is 31.8. The van der Waals surface area contributed by atoms with Gasteiger partial charge in [-0.3, -0.25) is 0 Å². The molecule has 0 bridgehead atoms. The Morgan fingerprint density at radius 3 is 2.05 bits per heavy atom. The van der Waals surface area contributed by atoms with Crippen molar-refractivity contribution in [3.05, 3.63) is 23.3 Å². The predicted octanol–water partition coefficient (Wildman–Crippen LogP) is 7.16. The smallest absolute Gasteiger partial charge is 0.393 e. The van der Waals surface area contributed by atoms with Crippen molar-refractivity contribution in [1.29, 1.82) is 0 Å². The average Bonchev–Trinajstić information content (AvgIpc) is 3.18. The van der Waals surface area contributed by atoms with E-state index in [9.17, 15) is 46.8 Å². The zero-order valence-electron chi connectivity index (χ0n) is 25.0. The third kappa shape index (κ3) is 7.75. The fourth-order valence-corrected chi connectivity index (χ4v) is 7.90. The fourth-order valence-electron chi connectivity index (χ4n) is 7.90. The highest BCUT2D eigenvalue weighted by Gasteiger charge is 2.70. The van der Waals surface area contributed by atoms with Crippen LogP contribution in [0.2, 0.25) is 0 Å². The van der Waals surface area contributed by atoms with Gasteiger partial charge in [-0.2, -0.15) is 26.3 Å². The van der Waals surface area contributed by atoms with Crippen LogP contribution in [0.4, 0.5) is 26.3 Å². The summed E-state index contributed by atoms with van der Waals surface area (Å²) in [5.74, 6) is 3.42. The Morgan fingerprint density at radius 1 is 0.905 bits per heavy atom. The van der Waals surface area contributed by atoms with E-state index in [1.807, 2.05) is 13.0 Å². The number of alkyl halides is 6. The quantitative estimate of drug-likeness (QED) is 0.183. The molecule has 240 valence electrons. The molecule has 42 heavy (non-hydrogen) atoms. The summed E-state index contributed by atoms with van der Waals surface area (Å²) in [6, 6.07) is 0. The number of fused-ring (bicyclic) bond motifs is 1. The van der Waals surface area contributed by atoms with Gasteiger partial charge in [0.05, 0.1) is 17.8 Å². The Labute approximate surface area is 245 Å². The number of aliphatic hydroxyl groups is 4. The summed E-state index contributed by atoms with van der Waals surface area (Å²) in [4.78, 5) is 0. The molecule has 4 nitrogen and oxygen atoms in total. The van der Waals surface area contributed by atoms with Crippen LogP contribution in [0.5, 0.6) is 0 Å². The summed E-state index contributed by atoms with van der Waals surface area (Å²) < 4.78 is 79.7. The molecule has 0 radical (unpaired) electrons. The molecule has 0 spiro atoms. The predicted molar refractivity (Wildman–Crippen MR) is 148 cm³/mol. The van der Waals surface area contributed by atoms with Gasteiger partial charge in [0.1, 0.15) is 0 Å². The van der Waals surface area contributed by atoms with Crippen LogP contribution < -0.4 is 0 Å². The monoisotopic (exact) mass is 608 g/mol. The number of rotatable bonds is 7. The molecule has 0 amide bonds. The molecule has 3 rings (SSSR count). The molecular formula is C32H46F6O4. The second-order valence-corrected chi connectivity index (χ2v) is 14.1. The molecule has 3 aliphatic rings. The SMILES string of the molecule is CC(C)(O)CCC[C@@](C)(CC#CC(O)(C(F)(F)F)C(F)(F)F)[C@H]1CC[C@H]2/C(=C/C=C3\CC(O)C[C@H](O)C3)CCC[C@]12C. The van der Waals surface area contributed by atoms with Gasteiger partial charge >= 0.3 is 18.0 Å². The summed E-state index contributed by atoms with van der Waals surface area (Å²) in [5.41, 5.74) is -4.88. The molecule has 3 aliphatic carbocycles. The van der Waals surface area contributed by atoms with Gasteiger partial charge in [0.25, 0.3) is 0 Å². The highest BCUT2D eigenvalue weighted by molar-refractivity contribution is 5.27. The lowest BCUT2D eigenvalue weighted by atomic mass is 9.55. The van der Waals surface area contributed by atoms with Gasteiger partial charge in [-0.1, -0.05) is 49.5 Å². The molecule has 0 saturated heterocycles. The van der Waals surface area contributed by atoms with Gasteiger partial charge in [-0.25, -0.2) is 0 Å². The van der Waals surface area contributed by atoms with E-state index in [2.05, 4.69) is 18.9 Å². The van der Waals surface area contributed by atoms with E-state index in [0.717, 1.165) is 37.7 Å². The maximum absolute atomic E-state index is 13.3. The zero-order valence-corrected chi connectivity index (χ0v) is 25.0. The summed E-state index contributed by atoms with van der Waals surface area (Å²) >= 11 is 0. The molecule has 1 unspecified atom stereocenters. The van der Waals surface area contributed by atoms with E-state index in [1.54, 1.807) is 13.8 Å². The lowest BCUT2D eigenvalue weighted by Gasteiger charge is -2.49. The van der Waals surface area contributed by atoms with Crippen LogP contribution in [0.25, 0.3) is 0 Å². The standard InChI is InChI=1S/C32H46F6O4/c1-27(2,41)13-6-14-28(3,15-7-17-30(42,31(33,34)35)32(36,37)38)26-12-11-25-22(8-5-16-29(25,26)4)10-9-21-18-23(39)20-24(40)19-21/h9-10,23-26,39-42H,5-6,8,11-16,18-20H2,1-4H3/b21-9-,22-10+/t23-,24?,25+,26-,28+,29+/m1/s1. The van der Waals surface area contributed by atoms with E-state index in [4.69, 9.17) is 0 Å². The number of hydrogen-bond donors (Lipinski definition) is 4. The molecule has 4 N–H and O–H groups in total. The van der Waals surface area contributed by atoms with Crippen LogP contribution in [0.1, 0.15) is 105 Å². The fraction of sp³-hybridized carbons (Fsp3) is 0.812. The Kier molecular flexibility index (Phi) is 10.4. The average molecular weight is 609 g/mol. The van der Waals surface area contributed by atoms with Gasteiger partial charge in [-0.15, -0.1) is 0 Å².